The number of hydrogen-bond acceptors (Lipinski definition) is 4. The fraction of sp³-hybridized carbons (Fsp3) is 0. The fourth-order valence-electron chi connectivity index (χ4n) is 0.755. The molecule has 0 saturated carbocycles. The molecule has 1 aromatic carbocycles. The van der Waals surface area contributed by atoms with Gasteiger partial charge in [-0.1, -0.05) is 11.6 Å². The van der Waals surface area contributed by atoms with Crippen molar-refractivity contribution < 1.29 is 9.85 Å². The molecule has 0 aliphatic heterocycles. The zero-order chi connectivity index (χ0) is 10.0. The summed E-state index contributed by atoms with van der Waals surface area (Å²) in [6.45, 7) is 0. The SMILES string of the molecule is O=[N+]([O-])c1ccc(Cl)c([N+](=O)[O-])c1.S. The maximum Gasteiger partial charge on any atom is 0.294 e. The number of nitro groups is 2. The van der Waals surface area contributed by atoms with Crippen LogP contribution in [0.3, 0.4) is 0 Å². The van der Waals surface area contributed by atoms with E-state index in [9.17, 15) is 20.2 Å². The molecule has 0 spiro atoms. The van der Waals surface area contributed by atoms with Crippen LogP contribution in [0.1, 0.15) is 0 Å². The van der Waals surface area contributed by atoms with Crippen molar-refractivity contribution >= 4 is 36.5 Å². The van der Waals surface area contributed by atoms with Gasteiger partial charge < -0.3 is 0 Å². The van der Waals surface area contributed by atoms with Crippen molar-refractivity contribution in [3.63, 3.8) is 0 Å². The number of halogens is 1. The Bertz CT molecular complexity index is 384. The smallest absolute Gasteiger partial charge is 0.258 e. The normalized spacial score (nSPS) is 8.93. The average molecular weight is 237 g/mol. The number of nitro benzene ring substituents is 2. The molecule has 1 aromatic rings. The van der Waals surface area contributed by atoms with Crippen molar-refractivity contribution in [2.24, 2.45) is 0 Å². The van der Waals surface area contributed by atoms with Crippen molar-refractivity contribution in [3.8, 4) is 0 Å². The van der Waals surface area contributed by atoms with Crippen molar-refractivity contribution in [2.45, 2.75) is 0 Å². The van der Waals surface area contributed by atoms with Crippen LogP contribution in [0.25, 0.3) is 0 Å². The molecule has 0 atom stereocenters. The lowest BCUT2D eigenvalue weighted by Crippen LogP contribution is -1.92. The molecule has 0 fully saturated rings. The Balaban J connectivity index is 0.00000169. The third-order valence-electron chi connectivity index (χ3n) is 1.34. The summed E-state index contributed by atoms with van der Waals surface area (Å²) in [6.07, 6.45) is 0. The summed E-state index contributed by atoms with van der Waals surface area (Å²) < 4.78 is 0. The zero-order valence-corrected chi connectivity index (χ0v) is 8.39. The highest BCUT2D eigenvalue weighted by molar-refractivity contribution is 7.59. The van der Waals surface area contributed by atoms with Gasteiger partial charge in [-0.3, -0.25) is 20.2 Å². The van der Waals surface area contributed by atoms with Crippen molar-refractivity contribution in [2.75, 3.05) is 0 Å². The second-order valence-electron chi connectivity index (χ2n) is 2.15. The lowest BCUT2D eigenvalue weighted by Gasteiger charge is -1.94. The Labute approximate surface area is 90.2 Å². The monoisotopic (exact) mass is 236 g/mol. The van der Waals surface area contributed by atoms with Gasteiger partial charge in [0.05, 0.1) is 15.9 Å². The molecule has 0 radical (unpaired) electrons. The lowest BCUT2D eigenvalue weighted by atomic mass is 10.3. The van der Waals surface area contributed by atoms with Crippen molar-refractivity contribution in [1.29, 1.82) is 0 Å². The van der Waals surface area contributed by atoms with E-state index in [1.807, 2.05) is 0 Å². The van der Waals surface area contributed by atoms with E-state index in [1.165, 1.54) is 0 Å². The third kappa shape index (κ3) is 2.57. The van der Waals surface area contributed by atoms with Crippen LogP contribution in [0.2, 0.25) is 5.02 Å². The summed E-state index contributed by atoms with van der Waals surface area (Å²) in [5.74, 6) is 0. The highest BCUT2D eigenvalue weighted by Gasteiger charge is 2.17. The largest absolute Gasteiger partial charge is 0.294 e. The molecule has 0 amide bonds. The van der Waals surface area contributed by atoms with Crippen LogP contribution >= 0.6 is 25.1 Å². The minimum atomic E-state index is -0.769. The highest BCUT2D eigenvalue weighted by atomic mass is 35.5. The van der Waals surface area contributed by atoms with Crippen LogP contribution in [-0.2, 0) is 0 Å². The van der Waals surface area contributed by atoms with E-state index in [-0.39, 0.29) is 24.2 Å². The van der Waals surface area contributed by atoms with Gasteiger partial charge in [-0.15, -0.1) is 0 Å². The molecule has 0 aliphatic carbocycles. The van der Waals surface area contributed by atoms with Crippen molar-refractivity contribution in [1.82, 2.24) is 0 Å². The first-order chi connectivity index (χ1) is 6.02. The van der Waals surface area contributed by atoms with Crippen LogP contribution in [0.4, 0.5) is 11.4 Å². The molecule has 76 valence electrons. The molecule has 0 unspecified atom stereocenters. The Kier molecular flexibility index (Phi) is 4.32. The van der Waals surface area contributed by atoms with Gasteiger partial charge in [-0.25, -0.2) is 0 Å². The first-order valence-corrected chi connectivity index (χ1v) is 3.48. The summed E-state index contributed by atoms with van der Waals surface area (Å²) >= 11 is 5.43. The van der Waals surface area contributed by atoms with E-state index in [1.54, 1.807) is 0 Å². The van der Waals surface area contributed by atoms with E-state index in [4.69, 9.17) is 11.6 Å². The Morgan fingerprint density at radius 1 is 1.14 bits per heavy atom. The first kappa shape index (κ1) is 12.7. The van der Waals surface area contributed by atoms with Crippen LogP contribution in [0.15, 0.2) is 18.2 Å². The Morgan fingerprint density at radius 2 is 1.71 bits per heavy atom. The van der Waals surface area contributed by atoms with Crippen molar-refractivity contribution in [3.05, 3.63) is 43.5 Å². The number of rotatable bonds is 2. The van der Waals surface area contributed by atoms with Gasteiger partial charge in [0.1, 0.15) is 5.02 Å². The van der Waals surface area contributed by atoms with Gasteiger partial charge in [0.25, 0.3) is 11.4 Å². The van der Waals surface area contributed by atoms with E-state index >= 15 is 0 Å². The molecule has 0 bridgehead atoms. The molecule has 6 nitrogen and oxygen atoms in total. The van der Waals surface area contributed by atoms with Gasteiger partial charge in [0.15, 0.2) is 0 Å². The summed E-state index contributed by atoms with van der Waals surface area (Å²) in [4.78, 5) is 19.0. The molecule has 1 rings (SSSR count). The molecule has 0 aromatic heterocycles. The zero-order valence-electron chi connectivity index (χ0n) is 6.64. The molecule has 8 heteroatoms. The molecule has 0 saturated heterocycles. The number of non-ortho nitro benzene ring substituents is 1. The molecule has 14 heavy (non-hydrogen) atoms. The van der Waals surface area contributed by atoms with Crippen LogP contribution in [0.5, 0.6) is 0 Å². The van der Waals surface area contributed by atoms with Gasteiger partial charge in [-0.05, 0) is 6.07 Å². The van der Waals surface area contributed by atoms with E-state index in [0.717, 1.165) is 18.2 Å². The summed E-state index contributed by atoms with van der Waals surface area (Å²) in [5, 5.41) is 20.4. The third-order valence-corrected chi connectivity index (χ3v) is 1.66. The standard InChI is InChI=1S/C6H3ClN2O4.H2S/c7-5-2-1-4(8(10)11)3-6(5)9(12)13;/h1-3H;1H2. The predicted octanol–water partition coefficient (Wildman–Crippen LogP) is 2.27. The first-order valence-electron chi connectivity index (χ1n) is 3.10. The maximum absolute atomic E-state index is 10.3. The molecular weight excluding hydrogens is 232 g/mol. The van der Waals surface area contributed by atoms with Gasteiger partial charge in [0, 0.05) is 6.07 Å². The summed E-state index contributed by atoms with van der Waals surface area (Å²) in [5.41, 5.74) is -0.813. The maximum atomic E-state index is 10.3. The number of nitrogens with zero attached hydrogens (tertiary/aromatic N) is 2. The lowest BCUT2D eigenvalue weighted by molar-refractivity contribution is -0.394. The van der Waals surface area contributed by atoms with Crippen LogP contribution in [0, 0.1) is 20.2 Å². The van der Waals surface area contributed by atoms with Gasteiger partial charge in [0.2, 0.25) is 0 Å². The summed E-state index contributed by atoms with van der Waals surface area (Å²) in [6, 6.07) is 3.05. The minimum Gasteiger partial charge on any atom is -0.258 e. The molecule has 0 N–H and O–H groups in total. The molecule has 0 heterocycles. The average Bonchev–Trinajstić information content (AvgIpc) is 2.04. The topological polar surface area (TPSA) is 86.3 Å². The Morgan fingerprint density at radius 3 is 2.14 bits per heavy atom. The quantitative estimate of drug-likeness (QED) is 0.582. The number of hydrogen-bond donors (Lipinski definition) is 0. The van der Waals surface area contributed by atoms with Gasteiger partial charge >= 0.3 is 0 Å². The minimum absolute atomic E-state index is 0. The summed E-state index contributed by atoms with van der Waals surface area (Å²) in [7, 11) is 0. The molecule has 0 aliphatic rings. The van der Waals surface area contributed by atoms with E-state index in [0.29, 0.717) is 0 Å². The van der Waals surface area contributed by atoms with Crippen LogP contribution in [-0.4, -0.2) is 9.85 Å². The second-order valence-corrected chi connectivity index (χ2v) is 2.56. The van der Waals surface area contributed by atoms with E-state index < -0.39 is 15.5 Å². The molecular formula is C6H5ClN2O4S. The van der Waals surface area contributed by atoms with Gasteiger partial charge in [-0.2, -0.15) is 13.5 Å². The fourth-order valence-corrected chi connectivity index (χ4v) is 0.941. The van der Waals surface area contributed by atoms with Crippen LogP contribution < -0.4 is 0 Å². The highest BCUT2D eigenvalue weighted by Crippen LogP contribution is 2.28. The van der Waals surface area contributed by atoms with E-state index in [2.05, 4.69) is 0 Å². The second kappa shape index (κ2) is 4.77. The number of benzene rings is 1. The predicted molar refractivity (Wildman–Crippen MR) is 55.1 cm³/mol. The Hall–Kier alpha value is -1.34.